The first-order valence-electron chi connectivity index (χ1n) is 9.34. The molecule has 0 aromatic heterocycles. The Labute approximate surface area is 175 Å². The summed E-state index contributed by atoms with van der Waals surface area (Å²) in [5, 5.41) is 2.78. The minimum absolute atomic E-state index is 0.128. The van der Waals surface area contributed by atoms with Gasteiger partial charge in [0.1, 0.15) is 11.8 Å². The summed E-state index contributed by atoms with van der Waals surface area (Å²) in [5.74, 6) is 0.222. The topological polar surface area (TPSA) is 58.6 Å². The van der Waals surface area contributed by atoms with Crippen LogP contribution >= 0.6 is 15.9 Å². The van der Waals surface area contributed by atoms with E-state index in [1.165, 1.54) is 0 Å². The lowest BCUT2D eigenvalue weighted by Gasteiger charge is -2.28. The minimum Gasteiger partial charge on any atom is -0.484 e. The van der Waals surface area contributed by atoms with Gasteiger partial charge < -0.3 is 15.0 Å². The van der Waals surface area contributed by atoms with Crippen molar-refractivity contribution < 1.29 is 14.3 Å². The SMILES string of the molecule is CCNC(=O)C(C)N(Cc1ccccc1)C(=O)COc1cc(C)c(Br)c(C)c1. The average molecular weight is 447 g/mol. The number of aryl methyl sites for hydroxylation is 2. The highest BCUT2D eigenvalue weighted by Gasteiger charge is 2.26. The molecule has 2 aromatic rings. The van der Waals surface area contributed by atoms with Crippen molar-refractivity contribution >= 4 is 27.7 Å². The van der Waals surface area contributed by atoms with E-state index in [1.807, 2.05) is 63.2 Å². The van der Waals surface area contributed by atoms with Crippen molar-refractivity contribution in [1.82, 2.24) is 10.2 Å². The normalized spacial score (nSPS) is 11.6. The summed E-state index contributed by atoms with van der Waals surface area (Å²) in [6.45, 7) is 8.28. The van der Waals surface area contributed by atoms with Crippen LogP contribution in [0.15, 0.2) is 46.9 Å². The van der Waals surface area contributed by atoms with E-state index in [9.17, 15) is 9.59 Å². The van der Waals surface area contributed by atoms with Crippen molar-refractivity contribution in [2.24, 2.45) is 0 Å². The van der Waals surface area contributed by atoms with Crippen molar-refractivity contribution in [3.8, 4) is 5.75 Å². The van der Waals surface area contributed by atoms with Gasteiger partial charge in [-0.3, -0.25) is 9.59 Å². The van der Waals surface area contributed by atoms with Crippen molar-refractivity contribution in [1.29, 1.82) is 0 Å². The largest absolute Gasteiger partial charge is 0.484 e. The van der Waals surface area contributed by atoms with Crippen LogP contribution in [0.25, 0.3) is 0 Å². The number of benzene rings is 2. The van der Waals surface area contributed by atoms with E-state index in [4.69, 9.17) is 4.74 Å². The molecule has 28 heavy (non-hydrogen) atoms. The van der Waals surface area contributed by atoms with Gasteiger partial charge in [0.05, 0.1) is 0 Å². The second-order valence-corrected chi connectivity index (χ2v) is 7.53. The van der Waals surface area contributed by atoms with E-state index in [0.717, 1.165) is 21.2 Å². The number of nitrogens with zero attached hydrogens (tertiary/aromatic N) is 1. The van der Waals surface area contributed by atoms with E-state index in [-0.39, 0.29) is 18.4 Å². The Hall–Kier alpha value is -2.34. The monoisotopic (exact) mass is 446 g/mol. The maximum absolute atomic E-state index is 12.9. The van der Waals surface area contributed by atoms with Crippen molar-refractivity contribution in [3.05, 3.63) is 63.6 Å². The third-order valence-corrected chi connectivity index (χ3v) is 5.74. The van der Waals surface area contributed by atoms with Crippen molar-refractivity contribution in [2.75, 3.05) is 13.2 Å². The standard InChI is InChI=1S/C22H27BrN2O3/c1-5-24-22(27)17(4)25(13-18-9-7-6-8-10-18)20(26)14-28-19-11-15(2)21(23)16(3)12-19/h6-12,17H,5,13-14H2,1-4H3,(H,24,27). The first-order valence-corrected chi connectivity index (χ1v) is 10.1. The smallest absolute Gasteiger partial charge is 0.261 e. The van der Waals surface area contributed by atoms with Gasteiger partial charge in [-0.1, -0.05) is 46.3 Å². The fourth-order valence-electron chi connectivity index (χ4n) is 2.90. The third kappa shape index (κ3) is 5.83. The number of likely N-dealkylation sites (N-methyl/N-ethyl adjacent to an activating group) is 1. The lowest BCUT2D eigenvalue weighted by Crippen LogP contribution is -2.49. The second kappa shape index (κ2) is 10.3. The molecule has 0 fully saturated rings. The Morgan fingerprint density at radius 2 is 1.75 bits per heavy atom. The van der Waals surface area contributed by atoms with E-state index in [1.54, 1.807) is 11.8 Å². The summed E-state index contributed by atoms with van der Waals surface area (Å²) >= 11 is 3.53. The van der Waals surface area contributed by atoms with E-state index >= 15 is 0 Å². The lowest BCUT2D eigenvalue weighted by molar-refractivity contribution is -0.142. The molecule has 5 nitrogen and oxygen atoms in total. The zero-order valence-corrected chi connectivity index (χ0v) is 18.4. The highest BCUT2D eigenvalue weighted by atomic mass is 79.9. The molecular formula is C22H27BrN2O3. The Bertz CT molecular complexity index is 801. The molecule has 0 aliphatic carbocycles. The number of carbonyl (C=O) groups excluding carboxylic acids is 2. The van der Waals surface area contributed by atoms with E-state index in [0.29, 0.717) is 18.8 Å². The third-order valence-electron chi connectivity index (χ3n) is 4.49. The molecule has 0 heterocycles. The van der Waals surface area contributed by atoms with E-state index < -0.39 is 6.04 Å². The van der Waals surface area contributed by atoms with Crippen LogP contribution in [-0.2, 0) is 16.1 Å². The molecule has 2 aromatic carbocycles. The van der Waals surface area contributed by atoms with Gasteiger partial charge in [-0.25, -0.2) is 0 Å². The lowest BCUT2D eigenvalue weighted by atomic mass is 10.1. The summed E-state index contributed by atoms with van der Waals surface area (Å²) in [4.78, 5) is 26.8. The van der Waals surface area contributed by atoms with Crippen LogP contribution in [0.5, 0.6) is 5.75 Å². The molecule has 0 radical (unpaired) electrons. The van der Waals surface area contributed by atoms with Crippen molar-refractivity contribution in [2.45, 2.75) is 40.3 Å². The zero-order valence-electron chi connectivity index (χ0n) is 16.8. The Balaban J connectivity index is 2.14. The van der Waals surface area contributed by atoms with Gasteiger partial charge in [0.15, 0.2) is 6.61 Å². The minimum atomic E-state index is -0.593. The number of amides is 2. The quantitative estimate of drug-likeness (QED) is 0.666. The van der Waals surface area contributed by atoms with Crippen LogP contribution in [0.4, 0.5) is 0 Å². The maximum Gasteiger partial charge on any atom is 0.261 e. The van der Waals surface area contributed by atoms with E-state index in [2.05, 4.69) is 21.2 Å². The Morgan fingerprint density at radius 1 is 1.14 bits per heavy atom. The summed E-state index contributed by atoms with van der Waals surface area (Å²) in [6, 6.07) is 12.8. The zero-order chi connectivity index (χ0) is 20.7. The summed E-state index contributed by atoms with van der Waals surface area (Å²) in [6.07, 6.45) is 0. The van der Waals surface area contributed by atoms with Crippen LogP contribution in [0.2, 0.25) is 0 Å². The van der Waals surface area contributed by atoms with Gasteiger partial charge in [0.2, 0.25) is 5.91 Å². The molecule has 1 atom stereocenters. The van der Waals surface area contributed by atoms with Crippen LogP contribution in [0.1, 0.15) is 30.5 Å². The fourth-order valence-corrected chi connectivity index (χ4v) is 3.13. The molecule has 2 amide bonds. The van der Waals surface area contributed by atoms with Gasteiger partial charge >= 0.3 is 0 Å². The molecule has 0 aliphatic rings. The van der Waals surface area contributed by atoms with Gasteiger partial charge in [-0.2, -0.15) is 0 Å². The number of carbonyl (C=O) groups is 2. The molecule has 1 unspecified atom stereocenters. The first-order chi connectivity index (χ1) is 13.3. The van der Waals surface area contributed by atoms with Crippen LogP contribution in [0, 0.1) is 13.8 Å². The average Bonchev–Trinajstić information content (AvgIpc) is 2.68. The molecule has 2 rings (SSSR count). The number of rotatable bonds is 8. The molecule has 0 bridgehead atoms. The molecule has 6 heteroatoms. The highest BCUT2D eigenvalue weighted by molar-refractivity contribution is 9.10. The molecule has 1 N–H and O–H groups in total. The van der Waals surface area contributed by atoms with Crippen LogP contribution < -0.4 is 10.1 Å². The highest BCUT2D eigenvalue weighted by Crippen LogP contribution is 2.26. The summed E-state index contributed by atoms with van der Waals surface area (Å²) in [5.41, 5.74) is 3.04. The van der Waals surface area contributed by atoms with Gasteiger partial charge in [0, 0.05) is 17.6 Å². The fraction of sp³-hybridized carbons (Fsp3) is 0.364. The molecule has 0 aliphatic heterocycles. The molecule has 150 valence electrons. The van der Waals surface area contributed by atoms with Crippen LogP contribution in [-0.4, -0.2) is 35.9 Å². The predicted molar refractivity (Wildman–Crippen MR) is 114 cm³/mol. The molecule has 0 saturated carbocycles. The summed E-state index contributed by atoms with van der Waals surface area (Å²) < 4.78 is 6.78. The number of hydrogen-bond donors (Lipinski definition) is 1. The number of nitrogens with one attached hydrogen (secondary N) is 1. The van der Waals surface area contributed by atoms with Gasteiger partial charge in [-0.05, 0) is 56.5 Å². The molecular weight excluding hydrogens is 420 g/mol. The number of halogens is 1. The Kier molecular flexibility index (Phi) is 8.05. The Morgan fingerprint density at radius 3 is 2.32 bits per heavy atom. The number of hydrogen-bond acceptors (Lipinski definition) is 3. The van der Waals surface area contributed by atoms with Crippen molar-refractivity contribution in [3.63, 3.8) is 0 Å². The first kappa shape index (κ1) is 22.0. The second-order valence-electron chi connectivity index (χ2n) is 6.74. The number of ether oxygens (including phenoxy) is 1. The van der Waals surface area contributed by atoms with Crippen LogP contribution in [0.3, 0.4) is 0 Å². The maximum atomic E-state index is 12.9. The summed E-state index contributed by atoms with van der Waals surface area (Å²) in [7, 11) is 0. The molecule has 0 saturated heterocycles. The predicted octanol–water partition coefficient (Wildman–Crippen LogP) is 4.00. The molecule has 0 spiro atoms. The van der Waals surface area contributed by atoms with Gasteiger partial charge in [0.25, 0.3) is 5.91 Å². The van der Waals surface area contributed by atoms with Gasteiger partial charge in [-0.15, -0.1) is 0 Å².